The van der Waals surface area contributed by atoms with Crippen LogP contribution in [0.25, 0.3) is 21.8 Å². The second-order valence-electron chi connectivity index (χ2n) is 9.91. The van der Waals surface area contributed by atoms with E-state index in [9.17, 15) is 9.59 Å². The number of amides is 1. The molecule has 5 aromatic rings. The van der Waals surface area contributed by atoms with Gasteiger partial charge in [-0.3, -0.25) is 19.5 Å². The van der Waals surface area contributed by atoms with Crippen molar-refractivity contribution in [2.75, 3.05) is 51.9 Å². The van der Waals surface area contributed by atoms with Crippen LogP contribution in [-0.4, -0.2) is 67.3 Å². The van der Waals surface area contributed by atoms with Crippen molar-refractivity contribution < 1.29 is 28.1 Å². The van der Waals surface area contributed by atoms with Gasteiger partial charge in [0.2, 0.25) is 5.43 Å². The molecule has 0 aliphatic carbocycles. The summed E-state index contributed by atoms with van der Waals surface area (Å²) in [5.74, 6) is -0.0140. The lowest BCUT2D eigenvalue weighted by Gasteiger charge is -2.26. The molecule has 0 spiro atoms. The van der Waals surface area contributed by atoms with Gasteiger partial charge in [0, 0.05) is 66.1 Å². The number of pyridine rings is 2. The molecule has 44 heavy (non-hydrogen) atoms. The van der Waals surface area contributed by atoms with Crippen molar-refractivity contribution in [2.24, 2.45) is 0 Å². The fraction of sp³-hybridized carbons (Fsp3) is 0.219. The minimum absolute atomic E-state index is 0. The van der Waals surface area contributed by atoms with Crippen molar-refractivity contribution in [3.05, 3.63) is 94.7 Å². The molecule has 12 heteroatoms. The van der Waals surface area contributed by atoms with Crippen LogP contribution in [0, 0.1) is 5.82 Å². The van der Waals surface area contributed by atoms with Crippen molar-refractivity contribution in [1.29, 1.82) is 0 Å². The summed E-state index contributed by atoms with van der Waals surface area (Å²) in [6, 6.07) is 16.1. The van der Waals surface area contributed by atoms with Gasteiger partial charge < -0.3 is 29.2 Å². The lowest BCUT2D eigenvalue weighted by Crippen LogP contribution is -2.38. The summed E-state index contributed by atoms with van der Waals surface area (Å²) >= 11 is 0. The highest BCUT2D eigenvalue weighted by atomic mass is 35.5. The number of carbonyl (C=O) groups excluding carboxylic acids is 1. The maximum atomic E-state index is 15.2. The molecule has 228 valence electrons. The molecule has 3 heterocycles. The van der Waals surface area contributed by atoms with Gasteiger partial charge in [0.15, 0.2) is 23.1 Å². The Labute approximate surface area is 258 Å². The number of ether oxygens (including phenoxy) is 4. The van der Waals surface area contributed by atoms with Gasteiger partial charge in [-0.25, -0.2) is 4.39 Å². The lowest BCUT2D eigenvalue weighted by molar-refractivity contribution is 0.0321. The van der Waals surface area contributed by atoms with Gasteiger partial charge in [0.25, 0.3) is 5.91 Å². The highest BCUT2D eigenvalue weighted by Gasteiger charge is 2.17. The Balaban J connectivity index is 0.00000384. The predicted octanol–water partition coefficient (Wildman–Crippen LogP) is 5.40. The average molecular weight is 621 g/mol. The maximum Gasteiger partial charge on any atom is 0.261 e. The van der Waals surface area contributed by atoms with Crippen LogP contribution in [0.5, 0.6) is 23.0 Å². The van der Waals surface area contributed by atoms with E-state index in [0.29, 0.717) is 45.7 Å². The molecule has 0 saturated carbocycles. The average Bonchev–Trinajstić information content (AvgIpc) is 3.03. The van der Waals surface area contributed by atoms with Crippen molar-refractivity contribution in [3.63, 3.8) is 0 Å². The summed E-state index contributed by atoms with van der Waals surface area (Å²) in [6.07, 6.45) is 2.91. The molecule has 1 amide bonds. The summed E-state index contributed by atoms with van der Waals surface area (Å²) in [5, 5.41) is 3.57. The minimum Gasteiger partial charge on any atom is -0.493 e. The molecule has 1 saturated heterocycles. The van der Waals surface area contributed by atoms with Crippen LogP contribution in [0.15, 0.2) is 77.9 Å². The van der Waals surface area contributed by atoms with Crippen molar-refractivity contribution in [1.82, 2.24) is 14.9 Å². The summed E-state index contributed by atoms with van der Waals surface area (Å²) < 4.78 is 38.1. The first-order chi connectivity index (χ1) is 21.0. The molecular formula is C32H30ClFN4O6. The highest BCUT2D eigenvalue weighted by Crippen LogP contribution is 2.38. The van der Waals surface area contributed by atoms with Gasteiger partial charge in [0.1, 0.15) is 17.9 Å². The van der Waals surface area contributed by atoms with Crippen LogP contribution in [0.4, 0.5) is 10.1 Å². The largest absolute Gasteiger partial charge is 0.493 e. The van der Waals surface area contributed by atoms with E-state index in [-0.39, 0.29) is 29.4 Å². The molecule has 1 aliphatic heterocycles. The van der Waals surface area contributed by atoms with Gasteiger partial charge in [-0.1, -0.05) is 12.1 Å². The number of fused-ring (bicyclic) bond motifs is 2. The van der Waals surface area contributed by atoms with E-state index in [1.54, 1.807) is 55.8 Å². The van der Waals surface area contributed by atoms with Gasteiger partial charge in [-0.05, 0) is 36.4 Å². The Morgan fingerprint density at radius 2 is 1.84 bits per heavy atom. The van der Waals surface area contributed by atoms with Crippen molar-refractivity contribution >= 4 is 45.8 Å². The van der Waals surface area contributed by atoms with Crippen molar-refractivity contribution in [3.8, 4) is 23.0 Å². The Hall–Kier alpha value is -4.71. The van der Waals surface area contributed by atoms with E-state index in [2.05, 4.69) is 20.2 Å². The first-order valence-electron chi connectivity index (χ1n) is 13.8. The first-order valence-corrected chi connectivity index (χ1v) is 13.8. The number of anilines is 1. The zero-order valence-corrected chi connectivity index (χ0v) is 24.6. The molecule has 0 atom stereocenters. The molecule has 2 aromatic heterocycles. The third kappa shape index (κ3) is 6.60. The number of aromatic nitrogens is 2. The van der Waals surface area contributed by atoms with Gasteiger partial charge >= 0.3 is 0 Å². The number of H-pyrrole nitrogens is 1. The highest BCUT2D eigenvalue weighted by molar-refractivity contribution is 6.05. The minimum atomic E-state index is -0.704. The number of halogens is 2. The number of carbonyl (C=O) groups is 1. The number of methoxy groups -OCH3 is 1. The molecule has 10 nitrogen and oxygen atoms in total. The number of morpholine rings is 1. The van der Waals surface area contributed by atoms with E-state index in [4.69, 9.17) is 18.9 Å². The number of rotatable bonds is 9. The molecule has 2 N–H and O–H groups in total. The second kappa shape index (κ2) is 13.7. The number of para-hydroxylation sites is 1. The van der Waals surface area contributed by atoms with Crippen LogP contribution in [0.3, 0.4) is 0 Å². The summed E-state index contributed by atoms with van der Waals surface area (Å²) in [5.41, 5.74) is 0.872. The quantitative estimate of drug-likeness (QED) is 0.225. The van der Waals surface area contributed by atoms with Crippen LogP contribution in [0.1, 0.15) is 10.4 Å². The van der Waals surface area contributed by atoms with Crippen LogP contribution in [-0.2, 0) is 4.74 Å². The normalized spacial score (nSPS) is 13.3. The first kappa shape index (κ1) is 30.7. The van der Waals surface area contributed by atoms with Crippen LogP contribution < -0.4 is 25.0 Å². The Bertz CT molecular complexity index is 1860. The number of benzene rings is 3. The SMILES string of the molecule is COc1cc2c(Oc3ccc(NC(=O)c4c[nH]c5ccccc5c4=O)cc3F)ccnc2cc1OCCN1CCOCC1.Cl. The lowest BCUT2D eigenvalue weighted by atomic mass is 10.1. The Morgan fingerprint density at radius 1 is 1.02 bits per heavy atom. The fourth-order valence-corrected chi connectivity index (χ4v) is 4.91. The van der Waals surface area contributed by atoms with Crippen LogP contribution in [0.2, 0.25) is 0 Å². The zero-order valence-electron chi connectivity index (χ0n) is 23.8. The Kier molecular flexibility index (Phi) is 9.59. The summed E-state index contributed by atoms with van der Waals surface area (Å²) in [6.45, 7) is 4.41. The third-order valence-corrected chi connectivity index (χ3v) is 7.20. The molecular weight excluding hydrogens is 591 g/mol. The molecule has 1 fully saturated rings. The summed E-state index contributed by atoms with van der Waals surface area (Å²) in [4.78, 5) is 35.2. The smallest absolute Gasteiger partial charge is 0.261 e. The summed E-state index contributed by atoms with van der Waals surface area (Å²) in [7, 11) is 1.55. The van der Waals surface area contributed by atoms with Crippen LogP contribution >= 0.6 is 12.4 Å². The molecule has 0 unspecified atom stereocenters. The number of aromatic amines is 1. The molecule has 1 aliphatic rings. The topological polar surface area (TPSA) is 115 Å². The standard InChI is InChI=1S/C32H29FN4O6.ClH/c1-40-29-17-22-26(18-30(29)42-15-12-37-10-13-41-14-11-37)34-9-8-27(22)43-28-7-6-20(16-24(28)33)36-32(39)23-19-35-25-5-3-2-4-21(25)31(23)38;/h2-9,16-19H,10-15H2,1H3,(H,35,38)(H,36,39);1H. The monoisotopic (exact) mass is 620 g/mol. The zero-order chi connectivity index (χ0) is 29.8. The van der Waals surface area contributed by atoms with Gasteiger partial charge in [-0.15, -0.1) is 12.4 Å². The number of hydrogen-bond donors (Lipinski definition) is 2. The van der Waals surface area contributed by atoms with Gasteiger partial charge in [-0.2, -0.15) is 0 Å². The number of nitrogens with one attached hydrogen (secondary N) is 2. The van der Waals surface area contributed by atoms with Gasteiger partial charge in [0.05, 0.1) is 25.8 Å². The molecule has 0 bridgehead atoms. The van der Waals surface area contributed by atoms with E-state index < -0.39 is 17.2 Å². The van der Waals surface area contributed by atoms with Crippen molar-refractivity contribution in [2.45, 2.75) is 0 Å². The van der Waals surface area contributed by atoms with E-state index in [0.717, 1.165) is 38.9 Å². The van der Waals surface area contributed by atoms with E-state index in [1.165, 1.54) is 18.3 Å². The fourth-order valence-electron chi connectivity index (χ4n) is 4.91. The maximum absolute atomic E-state index is 15.2. The number of nitrogens with zero attached hydrogens (tertiary/aromatic N) is 2. The third-order valence-electron chi connectivity index (χ3n) is 7.20. The molecule has 3 aromatic carbocycles. The molecule has 0 radical (unpaired) electrons. The Morgan fingerprint density at radius 3 is 2.64 bits per heavy atom. The van der Waals surface area contributed by atoms with E-state index in [1.807, 2.05) is 0 Å². The van der Waals surface area contributed by atoms with E-state index >= 15 is 4.39 Å². The molecule has 6 rings (SSSR count). The number of hydrogen-bond acceptors (Lipinski definition) is 8. The predicted molar refractivity (Wildman–Crippen MR) is 167 cm³/mol. The second-order valence-corrected chi connectivity index (χ2v) is 9.91.